The monoisotopic (exact) mass is 514 g/mol. The molecule has 0 fully saturated rings. The van der Waals surface area contributed by atoms with Crippen LogP contribution in [-0.4, -0.2) is 9.13 Å². The van der Waals surface area contributed by atoms with Crippen LogP contribution >= 0.6 is 0 Å². The molecule has 11 heteroatoms. The van der Waals surface area contributed by atoms with Gasteiger partial charge >= 0.3 is 6.18 Å². The second-order valence-corrected chi connectivity index (χ2v) is 8.50. The molecule has 0 aliphatic heterocycles. The third kappa shape index (κ3) is 3.45. The molecule has 37 heavy (non-hydrogen) atoms. The Bertz CT molecular complexity index is 1820. The summed E-state index contributed by atoms with van der Waals surface area (Å²) in [5.41, 5.74) is -5.70. The van der Waals surface area contributed by atoms with Crippen LogP contribution < -0.4 is 22.2 Å². The molecule has 0 unspecified atom stereocenters. The lowest BCUT2D eigenvalue weighted by Crippen LogP contribution is -2.24. The van der Waals surface area contributed by atoms with Gasteiger partial charge in [0.15, 0.2) is 0 Å². The van der Waals surface area contributed by atoms with Gasteiger partial charge in [0.2, 0.25) is 0 Å². The number of aryl methyl sites for hydroxylation is 1. The molecule has 0 aliphatic rings. The zero-order chi connectivity index (χ0) is 26.8. The van der Waals surface area contributed by atoms with Gasteiger partial charge in [0.25, 0.3) is 22.2 Å². The summed E-state index contributed by atoms with van der Waals surface area (Å²) in [5, 5.41) is -2.22. The van der Waals surface area contributed by atoms with Crippen LogP contribution in [0.5, 0.6) is 0 Å². The number of alkyl halides is 5. The molecule has 2 heterocycles. The number of hydrogen-bond donors (Lipinski definition) is 0. The summed E-state index contributed by atoms with van der Waals surface area (Å²) >= 11 is 0. The summed E-state index contributed by atoms with van der Waals surface area (Å²) in [6.45, 7) is -1.09. The fourth-order valence-electron chi connectivity index (χ4n) is 4.66. The average Bonchev–Trinajstić information content (AvgIpc) is 3.28. The van der Waals surface area contributed by atoms with Gasteiger partial charge in [-0.1, -0.05) is 17.7 Å². The van der Waals surface area contributed by atoms with Gasteiger partial charge in [-0.2, -0.15) is 13.2 Å². The van der Waals surface area contributed by atoms with E-state index in [1.165, 1.54) is 12.1 Å². The molecular formula is C26H15F5N2O4. The maximum atomic E-state index is 14.4. The molecule has 5 aromatic rings. The van der Waals surface area contributed by atoms with Gasteiger partial charge < -0.3 is 0 Å². The van der Waals surface area contributed by atoms with Crippen LogP contribution in [0.2, 0.25) is 0 Å². The molecule has 0 amide bonds. The Kier molecular flexibility index (Phi) is 5.47. The Balaban J connectivity index is 1.91. The zero-order valence-electron chi connectivity index (χ0n) is 19.0. The lowest BCUT2D eigenvalue weighted by Gasteiger charge is -2.07. The van der Waals surface area contributed by atoms with Crippen LogP contribution in [0, 0.1) is 6.92 Å². The number of fused-ring (bicyclic) bond motifs is 2. The highest BCUT2D eigenvalue weighted by molar-refractivity contribution is 6.05. The van der Waals surface area contributed by atoms with E-state index in [2.05, 4.69) is 0 Å². The minimum Gasteiger partial charge on any atom is -0.268 e. The highest BCUT2D eigenvalue weighted by Gasteiger charge is 2.32. The molecule has 0 radical (unpaired) electrons. The second kappa shape index (κ2) is 8.32. The summed E-state index contributed by atoms with van der Waals surface area (Å²) in [5.74, 6) is 0. The highest BCUT2D eigenvalue weighted by atomic mass is 19.4. The number of nitrogens with zero attached hydrogens (tertiary/aromatic N) is 2. The first-order valence-electron chi connectivity index (χ1n) is 10.9. The summed E-state index contributed by atoms with van der Waals surface area (Å²) in [4.78, 5) is 53.2. The van der Waals surface area contributed by atoms with Crippen LogP contribution in [0.15, 0.2) is 67.7 Å². The molecule has 6 nitrogen and oxygen atoms in total. The standard InChI is InChI=1S/C26H15F5N2O4/c1-12-2-6-14(7-3-12)32-22(34)18-16(10-27)20-21(17(11-28)19(18)23(32)35)25(37)33(24(20)36)15-8-4-13(5-9-15)26(29,30)31/h2-9H,10-11H2,1H3. The molecule has 0 saturated carbocycles. The van der Waals surface area contributed by atoms with Gasteiger partial charge in [-0.05, 0) is 43.3 Å². The van der Waals surface area contributed by atoms with Crippen molar-refractivity contribution in [1.82, 2.24) is 9.13 Å². The van der Waals surface area contributed by atoms with Crippen molar-refractivity contribution in [3.05, 3.63) is 112 Å². The molecule has 2 aromatic heterocycles. The van der Waals surface area contributed by atoms with E-state index in [1.807, 2.05) is 0 Å². The second-order valence-electron chi connectivity index (χ2n) is 8.50. The molecule has 0 atom stereocenters. The summed E-state index contributed by atoms with van der Waals surface area (Å²) in [6.07, 6.45) is -4.67. The fraction of sp³-hybridized carbons (Fsp3) is 0.154. The Morgan fingerprint density at radius 2 is 0.919 bits per heavy atom. The van der Waals surface area contributed by atoms with E-state index < -0.39 is 80.0 Å². The Labute approximate surface area is 203 Å². The number of benzene rings is 3. The molecular weight excluding hydrogens is 499 g/mol. The van der Waals surface area contributed by atoms with E-state index in [1.54, 1.807) is 19.1 Å². The van der Waals surface area contributed by atoms with Crippen molar-refractivity contribution in [1.29, 1.82) is 0 Å². The molecule has 0 aliphatic carbocycles. The Morgan fingerprint density at radius 3 is 1.22 bits per heavy atom. The van der Waals surface area contributed by atoms with Crippen LogP contribution in [0.1, 0.15) is 22.3 Å². The van der Waals surface area contributed by atoms with Crippen molar-refractivity contribution in [2.24, 2.45) is 0 Å². The minimum atomic E-state index is -4.67. The van der Waals surface area contributed by atoms with Crippen molar-refractivity contribution < 1.29 is 22.0 Å². The zero-order valence-corrected chi connectivity index (χ0v) is 19.0. The number of halogens is 5. The van der Waals surface area contributed by atoms with Gasteiger partial charge in [-0.3, -0.25) is 19.2 Å². The molecule has 5 rings (SSSR count). The van der Waals surface area contributed by atoms with Crippen molar-refractivity contribution in [2.45, 2.75) is 26.4 Å². The van der Waals surface area contributed by atoms with Crippen molar-refractivity contribution >= 4 is 21.5 Å². The number of rotatable bonds is 4. The van der Waals surface area contributed by atoms with E-state index in [0.717, 1.165) is 22.3 Å². The smallest absolute Gasteiger partial charge is 0.268 e. The van der Waals surface area contributed by atoms with Crippen molar-refractivity contribution in [3.8, 4) is 11.4 Å². The fourth-order valence-corrected chi connectivity index (χ4v) is 4.66. The van der Waals surface area contributed by atoms with E-state index >= 15 is 0 Å². The Hall–Kier alpha value is -4.41. The van der Waals surface area contributed by atoms with Crippen molar-refractivity contribution in [2.75, 3.05) is 0 Å². The molecule has 3 aromatic carbocycles. The van der Waals surface area contributed by atoms with E-state index in [9.17, 15) is 41.1 Å². The predicted molar refractivity (Wildman–Crippen MR) is 127 cm³/mol. The van der Waals surface area contributed by atoms with Gasteiger partial charge in [0, 0.05) is 11.1 Å². The molecule has 0 spiro atoms. The van der Waals surface area contributed by atoms with Crippen LogP contribution in [0.4, 0.5) is 22.0 Å². The quantitative estimate of drug-likeness (QED) is 0.338. The maximum Gasteiger partial charge on any atom is 0.416 e. The van der Waals surface area contributed by atoms with Crippen LogP contribution in [0.25, 0.3) is 32.9 Å². The molecule has 0 bridgehead atoms. The third-order valence-corrected chi connectivity index (χ3v) is 6.39. The first kappa shape index (κ1) is 24.3. The number of aromatic nitrogens is 2. The predicted octanol–water partition coefficient (Wildman–Crippen LogP) is 4.16. The largest absolute Gasteiger partial charge is 0.416 e. The lowest BCUT2D eigenvalue weighted by molar-refractivity contribution is -0.137. The van der Waals surface area contributed by atoms with Crippen molar-refractivity contribution in [3.63, 3.8) is 0 Å². The normalized spacial score (nSPS) is 12.2. The highest BCUT2D eigenvalue weighted by Crippen LogP contribution is 2.31. The summed E-state index contributed by atoms with van der Waals surface area (Å²) in [7, 11) is 0. The van der Waals surface area contributed by atoms with E-state index in [0.29, 0.717) is 16.7 Å². The molecule has 0 saturated heterocycles. The van der Waals surface area contributed by atoms with E-state index in [4.69, 9.17) is 0 Å². The molecule has 188 valence electrons. The van der Waals surface area contributed by atoms with Crippen LogP contribution in [0.3, 0.4) is 0 Å². The van der Waals surface area contributed by atoms with Crippen LogP contribution in [-0.2, 0) is 19.5 Å². The van der Waals surface area contributed by atoms with Gasteiger partial charge in [0.05, 0.1) is 38.5 Å². The summed E-state index contributed by atoms with van der Waals surface area (Å²) in [6, 6.07) is 9.24. The van der Waals surface area contributed by atoms with E-state index in [-0.39, 0.29) is 11.4 Å². The first-order chi connectivity index (χ1) is 17.5. The number of hydrogen-bond acceptors (Lipinski definition) is 4. The topological polar surface area (TPSA) is 78.1 Å². The van der Waals surface area contributed by atoms with Gasteiger partial charge in [-0.25, -0.2) is 17.9 Å². The SMILES string of the molecule is Cc1ccc(-n2c(=O)c3c(CF)c4c(=O)n(-c5ccc(C(F)(F)F)cc5)c(=O)c4c(CF)c3c2=O)cc1. The maximum absolute atomic E-state index is 14.4. The average molecular weight is 514 g/mol. The van der Waals surface area contributed by atoms with Gasteiger partial charge in [0.1, 0.15) is 13.3 Å². The Morgan fingerprint density at radius 1 is 0.595 bits per heavy atom. The third-order valence-electron chi connectivity index (χ3n) is 6.39. The first-order valence-corrected chi connectivity index (χ1v) is 10.9. The van der Waals surface area contributed by atoms with Gasteiger partial charge in [-0.15, -0.1) is 0 Å². The lowest BCUT2D eigenvalue weighted by atomic mass is 9.98. The summed E-state index contributed by atoms with van der Waals surface area (Å²) < 4.78 is 68.8. The molecule has 0 N–H and O–H groups in total. The minimum absolute atomic E-state index is 0.135.